The molecule has 1 heterocycles. The Balaban J connectivity index is 0.00000264. The molecule has 0 aromatic rings. The predicted octanol–water partition coefficient (Wildman–Crippen LogP) is 1.89. The van der Waals surface area contributed by atoms with E-state index in [1.165, 1.54) is 0 Å². The summed E-state index contributed by atoms with van der Waals surface area (Å²) < 4.78 is 0. The molecule has 0 aromatic carbocycles. The summed E-state index contributed by atoms with van der Waals surface area (Å²) in [6, 6.07) is 0.134. The minimum absolute atomic E-state index is 0. The highest BCUT2D eigenvalue weighted by Gasteiger charge is 2.37. The number of amides is 2. The van der Waals surface area contributed by atoms with Crippen molar-refractivity contribution in [1.82, 2.24) is 9.80 Å². The van der Waals surface area contributed by atoms with Crippen LogP contribution in [0.5, 0.6) is 0 Å². The van der Waals surface area contributed by atoms with Gasteiger partial charge in [0.25, 0.3) is 0 Å². The molecule has 6 heteroatoms. The number of piperidine rings is 1. The molecule has 0 radical (unpaired) electrons. The highest BCUT2D eigenvalue weighted by Crippen LogP contribution is 2.32. The van der Waals surface area contributed by atoms with E-state index in [0.717, 1.165) is 38.6 Å². The monoisotopic (exact) mass is 345 g/mol. The molecule has 0 bridgehead atoms. The highest BCUT2D eigenvalue weighted by atomic mass is 35.5. The predicted molar refractivity (Wildman–Crippen MR) is 94.3 cm³/mol. The van der Waals surface area contributed by atoms with Gasteiger partial charge in [0.2, 0.25) is 11.8 Å². The van der Waals surface area contributed by atoms with E-state index in [0.29, 0.717) is 19.0 Å². The van der Waals surface area contributed by atoms with E-state index in [-0.39, 0.29) is 42.1 Å². The number of rotatable bonds is 6. The Kier molecular flexibility index (Phi) is 7.81. The molecule has 2 amide bonds. The average Bonchev–Trinajstić information content (AvgIpc) is 3.35. The topological polar surface area (TPSA) is 66.6 Å². The van der Waals surface area contributed by atoms with Gasteiger partial charge in [-0.25, -0.2) is 0 Å². The number of likely N-dealkylation sites (tertiary alicyclic amines) is 1. The van der Waals surface area contributed by atoms with Crippen LogP contribution in [0.4, 0.5) is 0 Å². The first-order chi connectivity index (χ1) is 10.4. The Morgan fingerprint density at radius 3 is 2.43 bits per heavy atom. The first-order valence-electron chi connectivity index (χ1n) is 8.69. The summed E-state index contributed by atoms with van der Waals surface area (Å²) in [6.45, 7) is 6.34. The Morgan fingerprint density at radius 1 is 1.22 bits per heavy atom. The third-order valence-electron chi connectivity index (χ3n) is 5.04. The fourth-order valence-electron chi connectivity index (χ4n) is 3.07. The van der Waals surface area contributed by atoms with Gasteiger partial charge in [0.05, 0.1) is 5.92 Å². The van der Waals surface area contributed by atoms with Crippen molar-refractivity contribution >= 4 is 24.2 Å². The molecule has 0 spiro atoms. The molecule has 2 unspecified atom stereocenters. The number of hydrogen-bond donors (Lipinski definition) is 1. The van der Waals surface area contributed by atoms with Crippen LogP contribution >= 0.6 is 12.4 Å². The molecule has 134 valence electrons. The van der Waals surface area contributed by atoms with Gasteiger partial charge in [-0.15, -0.1) is 12.4 Å². The number of carbonyl (C=O) groups excluding carboxylic acids is 2. The molecular formula is C17H32ClN3O2. The normalized spacial score (nSPS) is 22.5. The van der Waals surface area contributed by atoms with Crippen LogP contribution in [0.2, 0.25) is 0 Å². The van der Waals surface area contributed by atoms with Crippen LogP contribution in [0.3, 0.4) is 0 Å². The Labute approximate surface area is 146 Å². The van der Waals surface area contributed by atoms with Crippen LogP contribution in [0.25, 0.3) is 0 Å². The summed E-state index contributed by atoms with van der Waals surface area (Å²) in [4.78, 5) is 28.5. The molecule has 5 nitrogen and oxygen atoms in total. The van der Waals surface area contributed by atoms with Gasteiger partial charge in [0.1, 0.15) is 0 Å². The van der Waals surface area contributed by atoms with E-state index < -0.39 is 0 Å². The lowest BCUT2D eigenvalue weighted by Gasteiger charge is -2.34. The zero-order valence-electron chi connectivity index (χ0n) is 14.7. The fourth-order valence-corrected chi connectivity index (χ4v) is 3.07. The third-order valence-corrected chi connectivity index (χ3v) is 5.04. The van der Waals surface area contributed by atoms with E-state index in [9.17, 15) is 9.59 Å². The van der Waals surface area contributed by atoms with Crippen molar-refractivity contribution in [2.75, 3.05) is 26.7 Å². The van der Waals surface area contributed by atoms with Gasteiger partial charge in [0, 0.05) is 38.6 Å². The zero-order valence-corrected chi connectivity index (χ0v) is 15.5. The van der Waals surface area contributed by atoms with Gasteiger partial charge in [-0.3, -0.25) is 9.59 Å². The van der Waals surface area contributed by atoms with Crippen molar-refractivity contribution in [1.29, 1.82) is 0 Å². The molecule has 1 aliphatic carbocycles. The van der Waals surface area contributed by atoms with Crippen LogP contribution < -0.4 is 5.73 Å². The maximum Gasteiger partial charge on any atom is 0.227 e. The zero-order chi connectivity index (χ0) is 16.3. The van der Waals surface area contributed by atoms with E-state index in [2.05, 4.69) is 13.8 Å². The minimum Gasteiger partial charge on any atom is -0.345 e. The second-order valence-corrected chi connectivity index (χ2v) is 7.35. The van der Waals surface area contributed by atoms with E-state index in [4.69, 9.17) is 5.73 Å². The van der Waals surface area contributed by atoms with Gasteiger partial charge in [-0.1, -0.05) is 13.8 Å². The molecule has 23 heavy (non-hydrogen) atoms. The largest absolute Gasteiger partial charge is 0.345 e. The molecule has 0 aromatic heterocycles. The number of nitrogens with zero attached hydrogens (tertiary/aromatic N) is 2. The number of nitrogens with two attached hydrogens (primary N) is 1. The standard InChI is InChI=1S/C17H31N3O2.ClH/c1-12(2)15(18)8-10-19(3)16(21)14-5-4-9-20(11-14)17(22)13-6-7-13;/h12-15H,4-11,18H2,1-3H3;1H. The number of hydrogen-bond acceptors (Lipinski definition) is 3. The van der Waals surface area contributed by atoms with Gasteiger partial charge >= 0.3 is 0 Å². The average molecular weight is 346 g/mol. The SMILES string of the molecule is CC(C)C(N)CCN(C)C(=O)C1CCCN(C(=O)C2CC2)C1.Cl. The molecule has 1 saturated carbocycles. The summed E-state index contributed by atoms with van der Waals surface area (Å²) in [5, 5.41) is 0. The van der Waals surface area contributed by atoms with Crippen molar-refractivity contribution in [3.05, 3.63) is 0 Å². The van der Waals surface area contributed by atoms with Crippen molar-refractivity contribution in [2.24, 2.45) is 23.5 Å². The minimum atomic E-state index is -0.0308. The van der Waals surface area contributed by atoms with Crippen molar-refractivity contribution < 1.29 is 9.59 Å². The molecule has 2 fully saturated rings. The second kappa shape index (κ2) is 8.88. The third kappa shape index (κ3) is 5.64. The van der Waals surface area contributed by atoms with Gasteiger partial charge in [-0.05, 0) is 38.0 Å². The van der Waals surface area contributed by atoms with Crippen LogP contribution in [-0.2, 0) is 9.59 Å². The molecule has 2 atom stereocenters. The molecule has 1 saturated heterocycles. The smallest absolute Gasteiger partial charge is 0.227 e. The van der Waals surface area contributed by atoms with E-state index in [1.54, 1.807) is 4.90 Å². The number of carbonyl (C=O) groups is 2. The van der Waals surface area contributed by atoms with Crippen LogP contribution in [0.15, 0.2) is 0 Å². The molecule has 2 N–H and O–H groups in total. The van der Waals surface area contributed by atoms with E-state index in [1.807, 2.05) is 11.9 Å². The van der Waals surface area contributed by atoms with Gasteiger partial charge in [-0.2, -0.15) is 0 Å². The molecule has 1 aliphatic heterocycles. The summed E-state index contributed by atoms with van der Waals surface area (Å²) in [5.74, 6) is 1.09. The van der Waals surface area contributed by atoms with Gasteiger partial charge in [0.15, 0.2) is 0 Å². The summed E-state index contributed by atoms with van der Waals surface area (Å²) in [7, 11) is 1.86. The second-order valence-electron chi connectivity index (χ2n) is 7.35. The summed E-state index contributed by atoms with van der Waals surface area (Å²) in [5.41, 5.74) is 6.05. The Bertz CT molecular complexity index is 413. The van der Waals surface area contributed by atoms with Crippen molar-refractivity contribution in [3.8, 4) is 0 Å². The van der Waals surface area contributed by atoms with Crippen LogP contribution in [-0.4, -0.2) is 54.3 Å². The lowest BCUT2D eigenvalue weighted by Crippen LogP contribution is -2.47. The van der Waals surface area contributed by atoms with Crippen LogP contribution in [0, 0.1) is 17.8 Å². The lowest BCUT2D eigenvalue weighted by atomic mass is 9.95. The van der Waals surface area contributed by atoms with E-state index >= 15 is 0 Å². The summed E-state index contributed by atoms with van der Waals surface area (Å²) >= 11 is 0. The fraction of sp³-hybridized carbons (Fsp3) is 0.882. The molecule has 2 aliphatic rings. The maximum atomic E-state index is 12.6. The van der Waals surface area contributed by atoms with Crippen molar-refractivity contribution in [2.45, 2.75) is 52.0 Å². The number of halogens is 1. The first-order valence-corrected chi connectivity index (χ1v) is 8.69. The quantitative estimate of drug-likeness (QED) is 0.799. The Morgan fingerprint density at radius 2 is 1.87 bits per heavy atom. The highest BCUT2D eigenvalue weighted by molar-refractivity contribution is 5.85. The lowest BCUT2D eigenvalue weighted by molar-refractivity contribution is -0.140. The van der Waals surface area contributed by atoms with Crippen LogP contribution in [0.1, 0.15) is 46.0 Å². The maximum absolute atomic E-state index is 12.6. The first kappa shape index (κ1) is 20.2. The van der Waals surface area contributed by atoms with Gasteiger partial charge < -0.3 is 15.5 Å². The molecular weight excluding hydrogens is 314 g/mol. The molecule has 2 rings (SSSR count). The summed E-state index contributed by atoms with van der Waals surface area (Å²) in [6.07, 6.45) is 4.72. The van der Waals surface area contributed by atoms with Crippen molar-refractivity contribution in [3.63, 3.8) is 0 Å². The Hall–Kier alpha value is -0.810.